The molecule has 1 aromatic heterocycles. The minimum atomic E-state index is -0.706. The normalized spacial score (nSPS) is 11.8. The Morgan fingerprint density at radius 2 is 2.15 bits per heavy atom. The van der Waals surface area contributed by atoms with Crippen molar-refractivity contribution >= 4 is 34.9 Å². The van der Waals surface area contributed by atoms with Crippen molar-refractivity contribution in [1.82, 2.24) is 9.97 Å². The van der Waals surface area contributed by atoms with E-state index in [1.54, 1.807) is 31.2 Å². The molecule has 0 spiro atoms. The number of rotatable bonds is 4. The van der Waals surface area contributed by atoms with Crippen molar-refractivity contribution in [2.75, 3.05) is 5.32 Å². The summed E-state index contributed by atoms with van der Waals surface area (Å²) in [6.45, 7) is 1.62. The first-order valence-corrected chi connectivity index (χ1v) is 6.52. The summed E-state index contributed by atoms with van der Waals surface area (Å²) < 4.78 is 5.49. The van der Waals surface area contributed by atoms with Gasteiger partial charge in [0.05, 0.1) is 0 Å². The van der Waals surface area contributed by atoms with Gasteiger partial charge in [-0.25, -0.2) is 9.97 Å². The summed E-state index contributed by atoms with van der Waals surface area (Å²) in [5.74, 6) is 0.483. The molecule has 0 radical (unpaired) electrons. The molecule has 1 unspecified atom stereocenters. The number of hydrogen-bond acceptors (Lipinski definition) is 4. The molecule has 0 aliphatic heterocycles. The highest BCUT2D eigenvalue weighted by atomic mass is 35.5. The monoisotopic (exact) mass is 311 g/mol. The summed E-state index contributed by atoms with van der Waals surface area (Å²) >= 11 is 11.5. The van der Waals surface area contributed by atoms with Crippen molar-refractivity contribution in [3.8, 4) is 5.75 Å². The zero-order valence-corrected chi connectivity index (χ0v) is 12.0. The highest BCUT2D eigenvalue weighted by Gasteiger charge is 2.15. The number of nitrogens with one attached hydrogen (secondary N) is 1. The van der Waals surface area contributed by atoms with Gasteiger partial charge in [0.2, 0.25) is 5.28 Å². The lowest BCUT2D eigenvalue weighted by molar-refractivity contribution is -0.122. The smallest absolute Gasteiger partial charge is 0.266 e. The molecule has 1 atom stereocenters. The lowest BCUT2D eigenvalue weighted by Crippen LogP contribution is -2.30. The van der Waals surface area contributed by atoms with E-state index < -0.39 is 6.10 Å². The van der Waals surface area contributed by atoms with Crippen molar-refractivity contribution in [3.63, 3.8) is 0 Å². The summed E-state index contributed by atoms with van der Waals surface area (Å²) in [7, 11) is 0. The van der Waals surface area contributed by atoms with Crippen LogP contribution in [-0.4, -0.2) is 22.0 Å². The maximum absolute atomic E-state index is 11.9. The lowest BCUT2D eigenvalue weighted by atomic mass is 10.3. The van der Waals surface area contributed by atoms with Gasteiger partial charge in [0.15, 0.2) is 6.10 Å². The van der Waals surface area contributed by atoms with Crippen LogP contribution < -0.4 is 10.1 Å². The minimum absolute atomic E-state index is 0.0613. The van der Waals surface area contributed by atoms with E-state index >= 15 is 0 Å². The Morgan fingerprint density at radius 1 is 1.35 bits per heavy atom. The second-order valence-electron chi connectivity index (χ2n) is 3.92. The van der Waals surface area contributed by atoms with Gasteiger partial charge in [0, 0.05) is 11.2 Å². The molecule has 1 heterocycles. The predicted molar refractivity (Wildman–Crippen MR) is 77.2 cm³/mol. The third-order valence-corrected chi connectivity index (χ3v) is 2.77. The molecule has 0 saturated heterocycles. The number of halogens is 2. The molecule has 0 bridgehead atoms. The average molecular weight is 312 g/mol. The number of benzene rings is 1. The number of ether oxygens (including phenoxy) is 1. The van der Waals surface area contributed by atoms with Crippen LogP contribution in [0.3, 0.4) is 0 Å². The largest absolute Gasteiger partial charge is 0.481 e. The Bertz CT molecular complexity index is 622. The number of carbonyl (C=O) groups is 1. The van der Waals surface area contributed by atoms with E-state index in [2.05, 4.69) is 15.3 Å². The van der Waals surface area contributed by atoms with Crippen LogP contribution >= 0.6 is 23.2 Å². The van der Waals surface area contributed by atoms with Gasteiger partial charge in [-0.05, 0) is 42.8 Å². The molecule has 0 aliphatic carbocycles. The Labute approximate surface area is 125 Å². The fourth-order valence-electron chi connectivity index (χ4n) is 1.43. The Kier molecular flexibility index (Phi) is 4.76. The zero-order chi connectivity index (χ0) is 14.5. The van der Waals surface area contributed by atoms with Gasteiger partial charge >= 0.3 is 0 Å². The molecule has 20 heavy (non-hydrogen) atoms. The number of carbonyl (C=O) groups excluding carboxylic acids is 1. The van der Waals surface area contributed by atoms with Crippen molar-refractivity contribution in [2.24, 2.45) is 0 Å². The highest BCUT2D eigenvalue weighted by molar-refractivity contribution is 6.30. The van der Waals surface area contributed by atoms with Gasteiger partial charge in [0.1, 0.15) is 11.6 Å². The summed E-state index contributed by atoms with van der Waals surface area (Å²) in [6.07, 6.45) is 0.746. The first-order chi connectivity index (χ1) is 9.54. The van der Waals surface area contributed by atoms with Crippen molar-refractivity contribution in [2.45, 2.75) is 13.0 Å². The number of amides is 1. The molecule has 2 rings (SSSR count). The summed E-state index contributed by atoms with van der Waals surface area (Å²) in [6, 6.07) is 8.36. The Balaban J connectivity index is 1.98. The van der Waals surface area contributed by atoms with Crippen LogP contribution in [0.25, 0.3) is 0 Å². The summed E-state index contributed by atoms with van der Waals surface area (Å²) in [5.41, 5.74) is 0. The van der Waals surface area contributed by atoms with Gasteiger partial charge in [-0.3, -0.25) is 4.79 Å². The average Bonchev–Trinajstić information content (AvgIpc) is 2.38. The van der Waals surface area contributed by atoms with Gasteiger partial charge in [-0.15, -0.1) is 0 Å². The molecule has 1 amide bonds. The maximum atomic E-state index is 11.9. The summed E-state index contributed by atoms with van der Waals surface area (Å²) in [4.78, 5) is 19.5. The van der Waals surface area contributed by atoms with Gasteiger partial charge in [-0.2, -0.15) is 0 Å². The van der Waals surface area contributed by atoms with Crippen LogP contribution in [0, 0.1) is 0 Å². The van der Waals surface area contributed by atoms with E-state index in [9.17, 15) is 4.79 Å². The van der Waals surface area contributed by atoms with E-state index in [0.717, 1.165) is 0 Å². The minimum Gasteiger partial charge on any atom is -0.481 e. The second-order valence-corrected chi connectivity index (χ2v) is 4.69. The fourth-order valence-corrected chi connectivity index (χ4v) is 1.76. The predicted octanol–water partition coefficient (Wildman–Crippen LogP) is 3.19. The number of hydrogen-bond donors (Lipinski definition) is 1. The first-order valence-electron chi connectivity index (χ1n) is 5.76. The van der Waals surface area contributed by atoms with E-state index in [1.807, 2.05) is 0 Å². The first kappa shape index (κ1) is 14.6. The zero-order valence-electron chi connectivity index (χ0n) is 10.5. The molecule has 0 fully saturated rings. The van der Waals surface area contributed by atoms with Crippen LogP contribution in [0.4, 0.5) is 5.82 Å². The molecule has 0 aliphatic rings. The number of aromatic nitrogens is 2. The number of anilines is 1. The third kappa shape index (κ3) is 4.08. The van der Waals surface area contributed by atoms with Crippen LogP contribution in [0.15, 0.2) is 36.5 Å². The van der Waals surface area contributed by atoms with E-state index in [1.165, 1.54) is 12.3 Å². The quantitative estimate of drug-likeness (QED) is 0.881. The topological polar surface area (TPSA) is 64.1 Å². The SMILES string of the molecule is CC(Oc1cccc(Cl)c1)C(=O)Nc1ccnc(Cl)n1. The van der Waals surface area contributed by atoms with Gasteiger partial charge in [0.25, 0.3) is 5.91 Å². The van der Waals surface area contributed by atoms with Gasteiger partial charge in [-0.1, -0.05) is 17.7 Å². The molecule has 2 aromatic rings. The number of nitrogens with zero attached hydrogens (tertiary/aromatic N) is 2. The Morgan fingerprint density at radius 3 is 2.85 bits per heavy atom. The summed E-state index contributed by atoms with van der Waals surface area (Å²) in [5, 5.41) is 3.19. The molecular formula is C13H11Cl2N3O2. The van der Waals surface area contributed by atoms with Gasteiger partial charge < -0.3 is 10.1 Å². The molecule has 7 heteroatoms. The van der Waals surface area contributed by atoms with Crippen molar-refractivity contribution in [3.05, 3.63) is 46.8 Å². The van der Waals surface area contributed by atoms with Crippen molar-refractivity contribution in [1.29, 1.82) is 0 Å². The fraction of sp³-hybridized carbons (Fsp3) is 0.154. The van der Waals surface area contributed by atoms with E-state index in [4.69, 9.17) is 27.9 Å². The molecule has 104 valence electrons. The standard InChI is InChI=1S/C13H11Cl2N3O2/c1-8(20-10-4-2-3-9(14)7-10)12(19)17-11-5-6-16-13(15)18-11/h2-8H,1H3,(H,16,17,18,19). The van der Waals surface area contributed by atoms with E-state index in [0.29, 0.717) is 16.6 Å². The van der Waals surface area contributed by atoms with Crippen LogP contribution in [-0.2, 0) is 4.79 Å². The van der Waals surface area contributed by atoms with Crippen molar-refractivity contribution < 1.29 is 9.53 Å². The third-order valence-electron chi connectivity index (χ3n) is 2.36. The molecule has 0 saturated carbocycles. The molecule has 1 aromatic carbocycles. The van der Waals surface area contributed by atoms with Crippen LogP contribution in [0.5, 0.6) is 5.75 Å². The van der Waals surface area contributed by atoms with E-state index in [-0.39, 0.29) is 11.2 Å². The molecule has 5 nitrogen and oxygen atoms in total. The second kappa shape index (κ2) is 6.54. The Hall–Kier alpha value is -1.85. The maximum Gasteiger partial charge on any atom is 0.266 e. The lowest BCUT2D eigenvalue weighted by Gasteiger charge is -2.14. The van der Waals surface area contributed by atoms with Crippen LogP contribution in [0.1, 0.15) is 6.92 Å². The molecule has 1 N–H and O–H groups in total. The molecular weight excluding hydrogens is 301 g/mol. The highest BCUT2D eigenvalue weighted by Crippen LogP contribution is 2.18. The van der Waals surface area contributed by atoms with Crippen LogP contribution in [0.2, 0.25) is 10.3 Å².